The van der Waals surface area contributed by atoms with Crippen LogP contribution in [0.4, 0.5) is 0 Å². The van der Waals surface area contributed by atoms with Crippen molar-refractivity contribution in [2.75, 3.05) is 0 Å². The van der Waals surface area contributed by atoms with Crippen molar-refractivity contribution >= 4 is 28.9 Å². The van der Waals surface area contributed by atoms with Gasteiger partial charge in [-0.1, -0.05) is 0 Å². The average Bonchev–Trinajstić information content (AvgIpc) is 0.722. The van der Waals surface area contributed by atoms with Gasteiger partial charge in [0.1, 0.15) is 0 Å². The van der Waals surface area contributed by atoms with Gasteiger partial charge < -0.3 is 0 Å². The quantitative estimate of drug-likeness (QED) is 0.486. The molecule has 5 heteroatoms. The van der Waals surface area contributed by atoms with Crippen LogP contribution in [0, 0.1) is 0 Å². The molecule has 0 bridgehead atoms. The fourth-order valence-corrected chi connectivity index (χ4v) is 0. The molecular weight excluding hydrogens is 134 g/mol. The van der Waals surface area contributed by atoms with Gasteiger partial charge in [-0.2, -0.15) is 0 Å². The van der Waals surface area contributed by atoms with Gasteiger partial charge in [-0.15, -0.1) is 0 Å². The molecule has 0 fully saturated rings. The fourth-order valence-electron chi connectivity index (χ4n) is 0. The molecule has 0 aliphatic rings. The van der Waals surface area contributed by atoms with Crippen LogP contribution < -0.4 is 0 Å². The second-order valence-electron chi connectivity index (χ2n) is 0.509. The summed E-state index contributed by atoms with van der Waals surface area (Å²) >= 11 is 9.09. The van der Waals surface area contributed by atoms with Crippen LogP contribution in [0.15, 0.2) is 0 Å². The first-order valence-electron chi connectivity index (χ1n) is 0.825. The fraction of sp³-hybridized carbons (Fsp3) is 0. The molecule has 0 aromatic carbocycles. The van der Waals surface area contributed by atoms with Crippen LogP contribution in [0.25, 0.3) is 0 Å². The molecule has 2 N–H and O–H groups in total. The van der Waals surface area contributed by atoms with Gasteiger partial charge in [0.2, 0.25) is 0 Å². The molecule has 0 rings (SSSR count). The van der Waals surface area contributed by atoms with Gasteiger partial charge in [-0.3, -0.25) is 0 Å². The van der Waals surface area contributed by atoms with Crippen molar-refractivity contribution in [1.82, 2.24) is 0 Å². The van der Waals surface area contributed by atoms with E-state index in [2.05, 4.69) is 22.5 Å². The van der Waals surface area contributed by atoms with Gasteiger partial charge in [-0.25, -0.2) is 0 Å². The summed E-state index contributed by atoms with van der Waals surface area (Å²) in [4.78, 5) is 15.5. The van der Waals surface area contributed by atoms with Crippen LogP contribution in [-0.2, 0) is 0 Å². The molecule has 0 heterocycles. The van der Waals surface area contributed by atoms with Crippen molar-refractivity contribution < 1.29 is 9.79 Å². The van der Waals surface area contributed by atoms with Crippen molar-refractivity contribution in [3.05, 3.63) is 0 Å². The molecule has 0 saturated carbocycles. The van der Waals surface area contributed by atoms with Crippen molar-refractivity contribution in [2.45, 2.75) is 0 Å². The van der Waals surface area contributed by atoms with Crippen molar-refractivity contribution in [3.63, 3.8) is 0 Å². The summed E-state index contributed by atoms with van der Waals surface area (Å²) in [5.74, 6) is 0. The Morgan fingerprint density at radius 1 is 1.20 bits per heavy atom. The third-order valence-corrected chi connectivity index (χ3v) is 0. The Labute approximate surface area is 39.4 Å². The Kier molecular flexibility index (Phi) is 1.88. The Hall–Kier alpha value is 0.930. The predicted octanol–water partition coefficient (Wildman–Crippen LogP) is 0.858. The van der Waals surface area contributed by atoms with E-state index in [9.17, 15) is 0 Å². The summed E-state index contributed by atoms with van der Waals surface area (Å²) in [6.07, 6.45) is -3.67. The number of halogens is 2. The van der Waals surface area contributed by atoms with E-state index >= 15 is 0 Å². The molecule has 2 nitrogen and oxygen atoms in total. The van der Waals surface area contributed by atoms with Crippen LogP contribution in [0.1, 0.15) is 0 Å². The first kappa shape index (κ1) is 5.93. The zero-order valence-corrected chi connectivity index (χ0v) is 4.66. The van der Waals surface area contributed by atoms with Gasteiger partial charge in [0.25, 0.3) is 0 Å². The van der Waals surface area contributed by atoms with E-state index in [-0.39, 0.29) is 0 Å². The first-order chi connectivity index (χ1) is 2.00. The minimum absolute atomic E-state index is 3.67. The zero-order chi connectivity index (χ0) is 4.50. The normalized spacial score (nSPS) is 15.2. The Morgan fingerprint density at radius 3 is 1.20 bits per heavy atom. The standard InChI is InChI=1S/Cl2H3O2P/c1-5(2,3)4/h3-5H. The van der Waals surface area contributed by atoms with Crippen molar-refractivity contribution in [1.29, 1.82) is 0 Å². The van der Waals surface area contributed by atoms with Gasteiger partial charge >= 0.3 is 38.7 Å². The molecule has 0 saturated heterocycles. The Balaban J connectivity index is 3.02. The molecule has 5 heavy (non-hydrogen) atoms. The molecule has 0 aromatic heterocycles. The van der Waals surface area contributed by atoms with E-state index in [0.717, 1.165) is 0 Å². The molecule has 0 aliphatic carbocycles. The molecule has 0 unspecified atom stereocenters. The van der Waals surface area contributed by atoms with E-state index in [1.165, 1.54) is 0 Å². The van der Waals surface area contributed by atoms with Crippen LogP contribution in [0.3, 0.4) is 0 Å². The van der Waals surface area contributed by atoms with Crippen LogP contribution >= 0.6 is 28.9 Å². The number of hydrogen-bond donors (Lipinski definition) is 2. The van der Waals surface area contributed by atoms with Crippen LogP contribution in [-0.4, -0.2) is 9.79 Å². The van der Waals surface area contributed by atoms with E-state index < -0.39 is 6.42 Å². The van der Waals surface area contributed by atoms with Gasteiger partial charge in [0.15, 0.2) is 0 Å². The average molecular weight is 137 g/mol. The van der Waals surface area contributed by atoms with Crippen LogP contribution in [0.2, 0.25) is 0 Å². The third kappa shape index (κ3) is 48.9. The summed E-state index contributed by atoms with van der Waals surface area (Å²) in [6.45, 7) is 0. The molecule has 0 atom stereocenters. The van der Waals surface area contributed by atoms with Crippen LogP contribution in [0.5, 0.6) is 0 Å². The number of hydrogen-bond acceptors (Lipinski definition) is 2. The SMILES string of the molecule is O[PH](O)(Cl)Cl. The summed E-state index contributed by atoms with van der Waals surface area (Å²) in [7, 11) is 0. The van der Waals surface area contributed by atoms with Gasteiger partial charge in [-0.05, 0) is 0 Å². The summed E-state index contributed by atoms with van der Waals surface area (Å²) in [6, 6.07) is 0. The van der Waals surface area contributed by atoms with E-state index in [1.54, 1.807) is 0 Å². The Bertz CT molecular complexity index is 23.1. The maximum atomic E-state index is 7.75. The predicted molar refractivity (Wildman–Crippen MR) is 24.5 cm³/mol. The van der Waals surface area contributed by atoms with E-state index in [0.29, 0.717) is 0 Å². The third-order valence-electron chi connectivity index (χ3n) is 0. The molecule has 0 aromatic rings. The first-order valence-corrected chi connectivity index (χ1v) is 4.74. The Morgan fingerprint density at radius 2 is 1.20 bits per heavy atom. The molecular formula is H3Cl2O2P. The van der Waals surface area contributed by atoms with Gasteiger partial charge in [0.05, 0.1) is 0 Å². The topological polar surface area (TPSA) is 40.5 Å². The molecule has 0 amide bonds. The molecule has 34 valence electrons. The second-order valence-corrected chi connectivity index (χ2v) is 5.27. The zero-order valence-electron chi connectivity index (χ0n) is 2.15. The summed E-state index contributed by atoms with van der Waals surface area (Å²) in [5, 5.41) is 0. The van der Waals surface area contributed by atoms with Crippen molar-refractivity contribution in [2.24, 2.45) is 0 Å². The van der Waals surface area contributed by atoms with E-state index in [1.807, 2.05) is 0 Å². The minimum atomic E-state index is -3.67. The maximum absolute atomic E-state index is 7.75. The van der Waals surface area contributed by atoms with Crippen molar-refractivity contribution in [3.8, 4) is 0 Å². The molecule has 0 spiro atoms. The number of rotatable bonds is 0. The molecule has 0 radical (unpaired) electrons. The summed E-state index contributed by atoms with van der Waals surface area (Å²) < 4.78 is 0. The summed E-state index contributed by atoms with van der Waals surface area (Å²) in [5.41, 5.74) is 0. The van der Waals surface area contributed by atoms with Gasteiger partial charge in [0, 0.05) is 0 Å². The second kappa shape index (κ2) is 1.59. The van der Waals surface area contributed by atoms with E-state index in [4.69, 9.17) is 9.79 Å². The molecule has 0 aliphatic heterocycles. The monoisotopic (exact) mass is 136 g/mol.